The molecule has 10 aromatic rings. The second kappa shape index (κ2) is 10.2. The van der Waals surface area contributed by atoms with Crippen LogP contribution in [0.25, 0.3) is 98.4 Å². The van der Waals surface area contributed by atoms with E-state index in [2.05, 4.69) is 0 Å². The van der Waals surface area contributed by atoms with Gasteiger partial charge in [-0.1, -0.05) is 151 Å². The van der Waals surface area contributed by atoms with Gasteiger partial charge in [0.2, 0.25) is 0 Å². The Balaban J connectivity index is 1.44. The Hall–Kier alpha value is -6.18. The molecule has 0 amide bonds. The molecule has 1 heteroatoms. The number of fused-ring (bicyclic) bond motifs is 8. The van der Waals surface area contributed by atoms with Gasteiger partial charge in [0.1, 0.15) is 11.2 Å². The van der Waals surface area contributed by atoms with Crippen molar-refractivity contribution in [3.05, 3.63) is 169 Å². The van der Waals surface area contributed by atoms with E-state index in [1.54, 1.807) is 0 Å². The maximum atomic E-state index is 9.60. The smallest absolute Gasteiger partial charge is 0.136 e. The van der Waals surface area contributed by atoms with Gasteiger partial charge in [0.15, 0.2) is 0 Å². The van der Waals surface area contributed by atoms with Gasteiger partial charge in [0.05, 0.1) is 38.4 Å². The van der Waals surface area contributed by atoms with Crippen molar-refractivity contribution in [2.75, 3.05) is 0 Å². The van der Waals surface area contributed by atoms with Crippen LogP contribution in [0.1, 0.15) is 38.4 Å². The molecule has 47 heavy (non-hydrogen) atoms. The maximum Gasteiger partial charge on any atom is 0.136 e. The van der Waals surface area contributed by atoms with Gasteiger partial charge in [-0.05, 0) is 94.6 Å². The summed E-state index contributed by atoms with van der Waals surface area (Å²) in [5, 5.41) is -5.99. The second-order valence-corrected chi connectivity index (χ2v) is 10.3. The predicted molar refractivity (Wildman–Crippen MR) is 200 cm³/mol. The minimum Gasteiger partial charge on any atom is -0.456 e. The molecule has 0 aliphatic heterocycles. The molecule has 0 aliphatic rings. The minimum atomic E-state index is -1.11. The summed E-state index contributed by atoms with van der Waals surface area (Å²) >= 11 is 0. The normalized spacial score (nSPS) is 20.2. The van der Waals surface area contributed by atoms with E-state index in [0.29, 0.717) is 0 Å². The molecule has 0 unspecified atom stereocenters. The summed E-state index contributed by atoms with van der Waals surface area (Å²) in [4.78, 5) is 0. The molecule has 218 valence electrons. The third-order valence-corrected chi connectivity index (χ3v) is 7.76. The van der Waals surface area contributed by atoms with E-state index in [-0.39, 0.29) is 0 Å². The van der Waals surface area contributed by atoms with Crippen molar-refractivity contribution in [3.63, 3.8) is 0 Å². The first-order valence-corrected chi connectivity index (χ1v) is 13.9. The van der Waals surface area contributed by atoms with Gasteiger partial charge in [0, 0.05) is 10.8 Å². The van der Waals surface area contributed by atoms with Crippen LogP contribution in [0.5, 0.6) is 0 Å². The summed E-state index contributed by atoms with van der Waals surface area (Å²) in [5.41, 5.74) is -5.80. The highest BCUT2D eigenvalue weighted by molar-refractivity contribution is 6.25. The summed E-state index contributed by atoms with van der Waals surface area (Å²) < 4.78 is 258. The highest BCUT2D eigenvalue weighted by atomic mass is 16.3. The van der Waals surface area contributed by atoms with Crippen LogP contribution in [0.2, 0.25) is 0 Å². The van der Waals surface area contributed by atoms with Crippen LogP contribution in [0, 0.1) is 0 Å². The van der Waals surface area contributed by atoms with Crippen molar-refractivity contribution in [1.82, 2.24) is 0 Å². The van der Waals surface area contributed by atoms with E-state index in [4.69, 9.17) is 27.7 Å². The van der Waals surface area contributed by atoms with E-state index >= 15 is 0 Å². The van der Waals surface area contributed by atoms with Crippen LogP contribution >= 0.6 is 0 Å². The maximum absolute atomic E-state index is 9.60. The molecule has 0 N–H and O–H groups in total. The van der Waals surface area contributed by atoms with Crippen molar-refractivity contribution in [2.24, 2.45) is 0 Å². The Morgan fingerprint density at radius 3 is 1.62 bits per heavy atom. The summed E-state index contributed by atoms with van der Waals surface area (Å²) in [6.07, 6.45) is 0. The van der Waals surface area contributed by atoms with Gasteiger partial charge in [-0.3, -0.25) is 0 Å². The van der Waals surface area contributed by atoms with Crippen LogP contribution in [0.15, 0.2) is 174 Å². The van der Waals surface area contributed by atoms with Crippen molar-refractivity contribution < 1.29 is 42.8 Å². The lowest BCUT2D eigenvalue weighted by atomic mass is 9.84. The Morgan fingerprint density at radius 2 is 0.872 bits per heavy atom. The number of hydrogen-bond donors (Lipinski definition) is 0. The average Bonchev–Trinajstić information content (AvgIpc) is 3.78. The Kier molecular flexibility index (Phi) is 2.31. The molecule has 1 nitrogen and oxygen atoms in total. The molecule has 0 saturated heterocycles. The number of para-hydroxylation sites is 1. The molecule has 0 fully saturated rings. The summed E-state index contributed by atoms with van der Waals surface area (Å²) in [6.45, 7) is 0. The van der Waals surface area contributed by atoms with Crippen LogP contribution in [-0.4, -0.2) is 0 Å². The van der Waals surface area contributed by atoms with Crippen molar-refractivity contribution in [2.45, 2.75) is 0 Å². The van der Waals surface area contributed by atoms with E-state index in [1.165, 1.54) is 0 Å². The van der Waals surface area contributed by atoms with Crippen molar-refractivity contribution in [3.8, 4) is 33.4 Å². The molecule has 10 rings (SSSR count). The van der Waals surface area contributed by atoms with Crippen LogP contribution in [0.4, 0.5) is 0 Å². The first kappa shape index (κ1) is 10.7. The summed E-state index contributed by atoms with van der Waals surface area (Å²) in [5.74, 6) is 0. The van der Waals surface area contributed by atoms with Crippen LogP contribution in [0.3, 0.4) is 0 Å². The van der Waals surface area contributed by atoms with Crippen molar-refractivity contribution in [1.29, 1.82) is 0 Å². The number of furan rings is 1. The molecule has 0 radical (unpaired) electrons. The zero-order chi connectivity index (χ0) is 55.3. The lowest BCUT2D eigenvalue weighted by molar-refractivity contribution is 0.669. The zero-order valence-electron chi connectivity index (χ0n) is 51.4. The fourth-order valence-corrected chi connectivity index (χ4v) is 5.77. The van der Waals surface area contributed by atoms with Gasteiger partial charge in [-0.15, -0.1) is 0 Å². The molecular weight excluding hydrogens is 569 g/mol. The summed E-state index contributed by atoms with van der Waals surface area (Å²) in [7, 11) is 0. The molecule has 0 saturated carbocycles. The highest BCUT2D eigenvalue weighted by Gasteiger charge is 2.20. The highest BCUT2D eigenvalue weighted by Crippen LogP contribution is 2.47. The van der Waals surface area contributed by atoms with Gasteiger partial charge < -0.3 is 4.42 Å². The largest absolute Gasteiger partial charge is 0.456 e. The fourth-order valence-electron chi connectivity index (χ4n) is 5.77. The lowest BCUT2D eigenvalue weighted by Crippen LogP contribution is -1.91. The molecule has 1 aromatic heterocycles. The molecular formula is C46H28O. The quantitative estimate of drug-likeness (QED) is 0.141. The van der Waals surface area contributed by atoms with Gasteiger partial charge in [-0.2, -0.15) is 0 Å². The minimum absolute atomic E-state index is 0.472. The molecule has 0 spiro atoms. The number of hydrogen-bond acceptors (Lipinski definition) is 1. The molecule has 0 aliphatic carbocycles. The monoisotopic (exact) mass is 624 g/mol. The summed E-state index contributed by atoms with van der Waals surface area (Å²) in [6, 6.07) is -25.6. The molecule has 9 aromatic carbocycles. The first-order valence-electron chi connectivity index (χ1n) is 27.9. The SMILES string of the molecule is [2H]c1c([2H])c(-c2c3c([2H])c([2H])c([2H])c([2H])c3c(-c3c([2H])c([2H])c([2H])c4oc5c([2H])c([2H])c([2H])c([2H])c5c34)c3c([2H])c([2H])c([2H])c([2H])c23)c([2H])c([2H])c1-c1c([2H])c([2H])c2c(c1[2H])c([2H])c([2H])c1c([2H])c([2H])c([2H])c([2H])c12. The van der Waals surface area contributed by atoms with E-state index in [1.807, 2.05) is 0 Å². The number of rotatable bonds is 3. The van der Waals surface area contributed by atoms with Gasteiger partial charge in [-0.25, -0.2) is 0 Å². The van der Waals surface area contributed by atoms with Crippen LogP contribution in [-0.2, 0) is 0 Å². The Morgan fingerprint density at radius 1 is 0.340 bits per heavy atom. The van der Waals surface area contributed by atoms with Gasteiger partial charge in [0.25, 0.3) is 0 Å². The zero-order valence-corrected chi connectivity index (χ0v) is 23.4. The second-order valence-electron chi connectivity index (χ2n) is 10.3. The fraction of sp³-hybridized carbons (Fsp3) is 0. The standard InChI is InChI=1S/C46H28O/c1-2-11-34-30(10-1)22-25-33-28-32(26-27-35(33)34)29-20-23-31(24-21-29)44-36-12-3-5-14-38(36)45(39-15-6-4-13-37(39)44)41-17-9-19-43-46(41)40-16-7-8-18-42(40)47-43/h1-28H/i1D,2D,3D,4D,5D,6D,7D,8D,9D,10D,11D,12D,13D,14D,15D,16D,17D,18D,19D,20D,21D,22D,23D,24D,25D,26D,27D,28D. The predicted octanol–water partition coefficient (Wildman–Crippen LogP) is 13.2. The third kappa shape index (κ3) is 3.97. The van der Waals surface area contributed by atoms with E-state index in [9.17, 15) is 15.1 Å². The Labute approximate surface area is 311 Å². The van der Waals surface area contributed by atoms with Crippen molar-refractivity contribution >= 4 is 65.0 Å². The molecule has 1 heterocycles. The number of benzene rings is 9. The third-order valence-electron chi connectivity index (χ3n) is 7.76. The van der Waals surface area contributed by atoms with E-state index < -0.39 is 268 Å². The lowest BCUT2D eigenvalue weighted by Gasteiger charge is -2.18. The average molecular weight is 625 g/mol. The molecule has 0 bridgehead atoms. The van der Waals surface area contributed by atoms with Gasteiger partial charge >= 0.3 is 0 Å². The Bertz CT molecular complexity index is 4330. The topological polar surface area (TPSA) is 13.1 Å². The molecule has 0 atom stereocenters. The first-order chi connectivity index (χ1) is 35.0. The van der Waals surface area contributed by atoms with E-state index in [0.717, 1.165) is 0 Å². The van der Waals surface area contributed by atoms with Crippen LogP contribution < -0.4 is 0 Å².